The molecule has 0 saturated heterocycles. The average molecular weight is 280 g/mol. The number of hydrogen-bond donors (Lipinski definition) is 0. The maximum Gasteiger partial charge on any atom is 0.247 e. The van der Waals surface area contributed by atoms with Crippen LogP contribution in [0.4, 0.5) is 0 Å². The van der Waals surface area contributed by atoms with E-state index >= 15 is 0 Å². The largest absolute Gasteiger partial charge is 0.496 e. The average Bonchev–Trinajstić information content (AvgIpc) is 3.08. The smallest absolute Gasteiger partial charge is 0.247 e. The van der Waals surface area contributed by atoms with Crippen molar-refractivity contribution in [1.29, 1.82) is 0 Å². The number of aldehydes is 1. The number of hydrogen-bond acceptors (Lipinski definition) is 5. The van der Waals surface area contributed by atoms with Crippen molar-refractivity contribution in [3.8, 4) is 28.3 Å². The van der Waals surface area contributed by atoms with E-state index in [0.29, 0.717) is 17.2 Å². The summed E-state index contributed by atoms with van der Waals surface area (Å²) in [4.78, 5) is 11.3. The number of carbonyl (C=O) groups is 1. The summed E-state index contributed by atoms with van der Waals surface area (Å²) in [6, 6.07) is 12.9. The fourth-order valence-electron chi connectivity index (χ4n) is 2.23. The zero-order valence-corrected chi connectivity index (χ0v) is 11.3. The summed E-state index contributed by atoms with van der Waals surface area (Å²) in [7, 11) is 1.58. The van der Waals surface area contributed by atoms with Gasteiger partial charge in [0.05, 0.1) is 7.11 Å². The normalized spacial score (nSPS) is 10.3. The van der Waals surface area contributed by atoms with Gasteiger partial charge in [-0.3, -0.25) is 4.79 Å². The first-order chi connectivity index (χ1) is 10.3. The Morgan fingerprint density at radius 3 is 2.67 bits per heavy atom. The standard InChI is InChI=1S/C16H12N2O3/c1-20-14-7-3-6-13(9-19)15(14)11-4-2-5-12(8-11)16-18-17-10-21-16/h2-10H,1H3. The van der Waals surface area contributed by atoms with E-state index in [0.717, 1.165) is 23.0 Å². The highest BCUT2D eigenvalue weighted by molar-refractivity contribution is 5.91. The van der Waals surface area contributed by atoms with Crippen LogP contribution in [0.3, 0.4) is 0 Å². The molecule has 5 heteroatoms. The highest BCUT2D eigenvalue weighted by Crippen LogP contribution is 2.34. The van der Waals surface area contributed by atoms with Gasteiger partial charge >= 0.3 is 0 Å². The predicted octanol–water partition coefficient (Wildman–Crippen LogP) is 3.22. The number of carbonyl (C=O) groups excluding carboxylic acids is 1. The lowest BCUT2D eigenvalue weighted by atomic mass is 9.97. The van der Waals surface area contributed by atoms with Gasteiger partial charge in [0.15, 0.2) is 6.29 Å². The van der Waals surface area contributed by atoms with Gasteiger partial charge in [-0.1, -0.05) is 24.3 Å². The molecule has 0 aliphatic carbocycles. The molecule has 0 amide bonds. The molecule has 0 atom stereocenters. The van der Waals surface area contributed by atoms with E-state index in [1.165, 1.54) is 6.39 Å². The van der Waals surface area contributed by atoms with Crippen LogP contribution in [0.2, 0.25) is 0 Å². The van der Waals surface area contributed by atoms with E-state index in [1.807, 2.05) is 30.3 Å². The summed E-state index contributed by atoms with van der Waals surface area (Å²) in [5.41, 5.74) is 2.95. The molecule has 104 valence electrons. The third-order valence-electron chi connectivity index (χ3n) is 3.16. The first kappa shape index (κ1) is 13.1. The Kier molecular flexibility index (Phi) is 3.47. The molecule has 1 heterocycles. The molecule has 5 nitrogen and oxygen atoms in total. The van der Waals surface area contributed by atoms with Crippen molar-refractivity contribution in [1.82, 2.24) is 10.2 Å². The summed E-state index contributed by atoms with van der Waals surface area (Å²) in [5, 5.41) is 7.56. The molecule has 0 aliphatic heterocycles. The maximum atomic E-state index is 11.3. The summed E-state index contributed by atoms with van der Waals surface area (Å²) in [6.07, 6.45) is 2.10. The lowest BCUT2D eigenvalue weighted by Crippen LogP contribution is -1.93. The van der Waals surface area contributed by atoms with Gasteiger partial charge in [-0.2, -0.15) is 0 Å². The molecule has 0 fully saturated rings. The Morgan fingerprint density at radius 2 is 1.95 bits per heavy atom. The summed E-state index contributed by atoms with van der Waals surface area (Å²) in [6.45, 7) is 0. The second-order valence-electron chi connectivity index (χ2n) is 4.37. The quantitative estimate of drug-likeness (QED) is 0.686. The fraction of sp³-hybridized carbons (Fsp3) is 0.0625. The van der Waals surface area contributed by atoms with Crippen molar-refractivity contribution in [2.45, 2.75) is 0 Å². The molecule has 3 aromatic rings. The Morgan fingerprint density at radius 1 is 1.14 bits per heavy atom. The van der Waals surface area contributed by atoms with Crippen LogP contribution in [-0.4, -0.2) is 23.6 Å². The summed E-state index contributed by atoms with van der Waals surface area (Å²) in [5.74, 6) is 1.07. The number of benzene rings is 2. The van der Waals surface area contributed by atoms with E-state index < -0.39 is 0 Å². The van der Waals surface area contributed by atoms with Crippen LogP contribution < -0.4 is 4.74 Å². The topological polar surface area (TPSA) is 65.2 Å². The minimum Gasteiger partial charge on any atom is -0.496 e. The third kappa shape index (κ3) is 2.41. The third-order valence-corrected chi connectivity index (χ3v) is 3.16. The first-order valence-corrected chi connectivity index (χ1v) is 6.32. The van der Waals surface area contributed by atoms with Crippen LogP contribution in [0.1, 0.15) is 10.4 Å². The number of ether oxygens (including phenoxy) is 1. The summed E-state index contributed by atoms with van der Waals surface area (Å²) < 4.78 is 10.6. The lowest BCUT2D eigenvalue weighted by Gasteiger charge is -2.11. The Hall–Kier alpha value is -2.95. The van der Waals surface area contributed by atoms with Crippen LogP contribution in [0.25, 0.3) is 22.6 Å². The van der Waals surface area contributed by atoms with Crippen molar-refractivity contribution in [3.63, 3.8) is 0 Å². The Bertz CT molecular complexity index is 767. The van der Waals surface area contributed by atoms with Crippen LogP contribution in [-0.2, 0) is 0 Å². The van der Waals surface area contributed by atoms with Gasteiger partial charge in [0, 0.05) is 16.7 Å². The summed E-state index contributed by atoms with van der Waals surface area (Å²) >= 11 is 0. The number of rotatable bonds is 4. The molecule has 0 radical (unpaired) electrons. The first-order valence-electron chi connectivity index (χ1n) is 6.32. The van der Waals surface area contributed by atoms with Crippen molar-refractivity contribution < 1.29 is 13.9 Å². The van der Waals surface area contributed by atoms with Gasteiger partial charge in [-0.15, -0.1) is 10.2 Å². The van der Waals surface area contributed by atoms with Crippen LogP contribution >= 0.6 is 0 Å². The lowest BCUT2D eigenvalue weighted by molar-refractivity contribution is 0.112. The van der Waals surface area contributed by atoms with E-state index in [1.54, 1.807) is 19.2 Å². The zero-order valence-electron chi connectivity index (χ0n) is 11.3. The zero-order chi connectivity index (χ0) is 14.7. The van der Waals surface area contributed by atoms with Crippen LogP contribution in [0.5, 0.6) is 5.75 Å². The molecule has 3 rings (SSSR count). The fourth-order valence-corrected chi connectivity index (χ4v) is 2.23. The van der Waals surface area contributed by atoms with E-state index in [2.05, 4.69) is 10.2 Å². The SMILES string of the molecule is COc1cccc(C=O)c1-c1cccc(-c2nnco2)c1. The maximum absolute atomic E-state index is 11.3. The van der Waals surface area contributed by atoms with E-state index in [4.69, 9.17) is 9.15 Å². The molecule has 1 aromatic heterocycles. The van der Waals surface area contributed by atoms with Gasteiger partial charge < -0.3 is 9.15 Å². The van der Waals surface area contributed by atoms with Crippen LogP contribution in [0, 0.1) is 0 Å². The number of nitrogens with zero attached hydrogens (tertiary/aromatic N) is 2. The highest BCUT2D eigenvalue weighted by Gasteiger charge is 2.13. The van der Waals surface area contributed by atoms with Crippen molar-refractivity contribution in [3.05, 3.63) is 54.4 Å². The molecular formula is C16H12N2O3. The van der Waals surface area contributed by atoms with E-state index in [9.17, 15) is 4.79 Å². The number of methoxy groups -OCH3 is 1. The molecule has 0 aliphatic rings. The molecule has 0 saturated carbocycles. The molecule has 0 spiro atoms. The Balaban J connectivity index is 2.17. The van der Waals surface area contributed by atoms with Crippen molar-refractivity contribution in [2.24, 2.45) is 0 Å². The predicted molar refractivity (Wildman–Crippen MR) is 77.1 cm³/mol. The minimum atomic E-state index is 0.430. The van der Waals surface area contributed by atoms with Gasteiger partial charge in [0.2, 0.25) is 12.3 Å². The van der Waals surface area contributed by atoms with Crippen molar-refractivity contribution >= 4 is 6.29 Å². The minimum absolute atomic E-state index is 0.430. The molecular weight excluding hydrogens is 268 g/mol. The highest BCUT2D eigenvalue weighted by atomic mass is 16.5. The Labute approximate surface area is 121 Å². The van der Waals surface area contributed by atoms with Gasteiger partial charge in [0.25, 0.3) is 0 Å². The molecule has 2 aromatic carbocycles. The second kappa shape index (κ2) is 5.58. The van der Waals surface area contributed by atoms with Gasteiger partial charge in [-0.05, 0) is 23.8 Å². The molecule has 0 bridgehead atoms. The number of aromatic nitrogens is 2. The molecule has 0 N–H and O–H groups in total. The van der Waals surface area contributed by atoms with Crippen molar-refractivity contribution in [2.75, 3.05) is 7.11 Å². The molecule has 0 unspecified atom stereocenters. The van der Waals surface area contributed by atoms with E-state index in [-0.39, 0.29) is 0 Å². The van der Waals surface area contributed by atoms with Crippen LogP contribution in [0.15, 0.2) is 53.3 Å². The van der Waals surface area contributed by atoms with Gasteiger partial charge in [-0.25, -0.2) is 0 Å². The molecule has 21 heavy (non-hydrogen) atoms. The van der Waals surface area contributed by atoms with Gasteiger partial charge in [0.1, 0.15) is 5.75 Å². The second-order valence-corrected chi connectivity index (χ2v) is 4.37. The monoisotopic (exact) mass is 280 g/mol.